The number of nitrogens with zero attached hydrogens (tertiary/aromatic N) is 1. The Morgan fingerprint density at radius 3 is 2.64 bits per heavy atom. The molecule has 1 amide bonds. The molecular weight excluding hydrogens is 282 g/mol. The molecule has 0 radical (unpaired) electrons. The van der Waals surface area contributed by atoms with Crippen LogP contribution in [0.15, 0.2) is 24.3 Å². The predicted octanol–water partition coefficient (Wildman–Crippen LogP) is 2.37. The van der Waals surface area contributed by atoms with Gasteiger partial charge in [0, 0.05) is 19.5 Å². The number of likely N-dealkylation sites (tertiary alicyclic amines) is 1. The molecule has 0 saturated carbocycles. The summed E-state index contributed by atoms with van der Waals surface area (Å²) in [5, 5.41) is 9.16. The molecule has 120 valence electrons. The highest BCUT2D eigenvalue weighted by Gasteiger charge is 2.37. The van der Waals surface area contributed by atoms with E-state index in [4.69, 9.17) is 9.84 Å². The second-order valence-corrected chi connectivity index (χ2v) is 6.07. The zero-order valence-corrected chi connectivity index (χ0v) is 13.3. The maximum absolute atomic E-state index is 12.4. The van der Waals surface area contributed by atoms with Gasteiger partial charge < -0.3 is 14.7 Å². The number of benzene rings is 1. The molecule has 2 rings (SSSR count). The Kier molecular flexibility index (Phi) is 5.06. The fourth-order valence-corrected chi connectivity index (χ4v) is 3.07. The third-order valence-electron chi connectivity index (χ3n) is 4.43. The average molecular weight is 305 g/mol. The standard InChI is InChI=1S/C17H23NO4/c1-11(13-6-4-5-7-15(13)22-3)8-16(19)18-9-12(2)14(10-18)17(20)21/h4-7,11-12,14H,8-10H2,1-3H3,(H,20,21)/t11?,12-,14-/m1/s1. The molecule has 1 aliphatic rings. The van der Waals surface area contributed by atoms with Crippen molar-refractivity contribution in [1.29, 1.82) is 0 Å². The maximum atomic E-state index is 12.4. The molecule has 0 aliphatic carbocycles. The fraction of sp³-hybridized carbons (Fsp3) is 0.529. The van der Waals surface area contributed by atoms with Gasteiger partial charge in [0.1, 0.15) is 5.75 Å². The highest BCUT2D eigenvalue weighted by atomic mass is 16.5. The van der Waals surface area contributed by atoms with Gasteiger partial charge in [0.15, 0.2) is 0 Å². The van der Waals surface area contributed by atoms with Crippen LogP contribution in [0.2, 0.25) is 0 Å². The van der Waals surface area contributed by atoms with Crippen molar-refractivity contribution in [2.24, 2.45) is 11.8 Å². The van der Waals surface area contributed by atoms with E-state index in [2.05, 4.69) is 0 Å². The number of methoxy groups -OCH3 is 1. The van der Waals surface area contributed by atoms with Gasteiger partial charge in [-0.2, -0.15) is 0 Å². The molecule has 22 heavy (non-hydrogen) atoms. The van der Waals surface area contributed by atoms with Crippen molar-refractivity contribution < 1.29 is 19.4 Å². The second-order valence-electron chi connectivity index (χ2n) is 6.07. The number of hydrogen-bond acceptors (Lipinski definition) is 3. The summed E-state index contributed by atoms with van der Waals surface area (Å²) in [5.74, 6) is -0.452. The number of amides is 1. The molecule has 1 heterocycles. The van der Waals surface area contributed by atoms with Crippen molar-refractivity contribution in [2.75, 3.05) is 20.2 Å². The molecule has 1 saturated heterocycles. The van der Waals surface area contributed by atoms with Crippen molar-refractivity contribution >= 4 is 11.9 Å². The van der Waals surface area contributed by atoms with E-state index in [0.717, 1.165) is 11.3 Å². The summed E-state index contributed by atoms with van der Waals surface area (Å²) in [4.78, 5) is 25.3. The topological polar surface area (TPSA) is 66.8 Å². The zero-order chi connectivity index (χ0) is 16.3. The van der Waals surface area contributed by atoms with Gasteiger partial charge in [-0.05, 0) is 23.5 Å². The molecule has 1 aromatic rings. The summed E-state index contributed by atoms with van der Waals surface area (Å²) in [5.41, 5.74) is 1.00. The molecule has 0 spiro atoms. The van der Waals surface area contributed by atoms with E-state index >= 15 is 0 Å². The molecular formula is C17H23NO4. The Morgan fingerprint density at radius 2 is 2.05 bits per heavy atom. The predicted molar refractivity (Wildman–Crippen MR) is 82.9 cm³/mol. The Bertz CT molecular complexity index is 557. The van der Waals surface area contributed by atoms with E-state index in [0.29, 0.717) is 19.5 Å². The summed E-state index contributed by atoms with van der Waals surface area (Å²) in [6, 6.07) is 7.67. The normalized spacial score (nSPS) is 22.4. The summed E-state index contributed by atoms with van der Waals surface area (Å²) < 4.78 is 5.34. The van der Waals surface area contributed by atoms with Crippen LogP contribution in [0.25, 0.3) is 0 Å². The minimum absolute atomic E-state index is 0.00279. The number of carboxylic acids is 1. The van der Waals surface area contributed by atoms with Gasteiger partial charge in [-0.25, -0.2) is 0 Å². The van der Waals surface area contributed by atoms with E-state index in [1.807, 2.05) is 38.1 Å². The minimum Gasteiger partial charge on any atom is -0.496 e. The van der Waals surface area contributed by atoms with Crippen molar-refractivity contribution in [2.45, 2.75) is 26.2 Å². The lowest BCUT2D eigenvalue weighted by atomic mass is 9.96. The van der Waals surface area contributed by atoms with Gasteiger partial charge in [0.2, 0.25) is 5.91 Å². The molecule has 1 aliphatic heterocycles. The average Bonchev–Trinajstić information content (AvgIpc) is 2.89. The first kappa shape index (κ1) is 16.3. The third kappa shape index (κ3) is 3.40. The van der Waals surface area contributed by atoms with Crippen LogP contribution in [0.4, 0.5) is 0 Å². The minimum atomic E-state index is -0.819. The highest BCUT2D eigenvalue weighted by Crippen LogP contribution is 2.30. The number of para-hydroxylation sites is 1. The molecule has 1 fully saturated rings. The number of carboxylic acid groups (broad SMARTS) is 1. The second kappa shape index (κ2) is 6.81. The van der Waals surface area contributed by atoms with Gasteiger partial charge in [-0.15, -0.1) is 0 Å². The first-order chi connectivity index (χ1) is 10.4. The lowest BCUT2D eigenvalue weighted by Crippen LogP contribution is -2.30. The molecule has 3 atom stereocenters. The number of carbonyl (C=O) groups is 2. The van der Waals surface area contributed by atoms with Gasteiger partial charge >= 0.3 is 5.97 Å². The first-order valence-electron chi connectivity index (χ1n) is 7.57. The van der Waals surface area contributed by atoms with Crippen molar-refractivity contribution in [3.8, 4) is 5.75 Å². The van der Waals surface area contributed by atoms with Crippen LogP contribution in [-0.2, 0) is 9.59 Å². The Labute approximate surface area is 130 Å². The smallest absolute Gasteiger partial charge is 0.308 e. The quantitative estimate of drug-likeness (QED) is 0.907. The summed E-state index contributed by atoms with van der Waals surface area (Å²) in [6.07, 6.45) is 0.361. The molecule has 0 aromatic heterocycles. The van der Waals surface area contributed by atoms with E-state index < -0.39 is 11.9 Å². The van der Waals surface area contributed by atoms with Crippen molar-refractivity contribution in [3.63, 3.8) is 0 Å². The molecule has 1 unspecified atom stereocenters. The molecule has 1 N–H and O–H groups in total. The number of rotatable bonds is 5. The van der Waals surface area contributed by atoms with Gasteiger partial charge in [0.05, 0.1) is 13.0 Å². The van der Waals surface area contributed by atoms with Crippen LogP contribution >= 0.6 is 0 Å². The number of ether oxygens (including phenoxy) is 1. The summed E-state index contributed by atoms with van der Waals surface area (Å²) in [7, 11) is 1.62. The van der Waals surface area contributed by atoms with E-state index in [1.54, 1.807) is 12.0 Å². The monoisotopic (exact) mass is 305 g/mol. The summed E-state index contributed by atoms with van der Waals surface area (Å²) in [6.45, 7) is 4.71. The van der Waals surface area contributed by atoms with Crippen LogP contribution in [0, 0.1) is 11.8 Å². The van der Waals surface area contributed by atoms with Crippen LogP contribution in [0.1, 0.15) is 31.7 Å². The van der Waals surface area contributed by atoms with Gasteiger partial charge in [-0.3, -0.25) is 9.59 Å². The van der Waals surface area contributed by atoms with Crippen molar-refractivity contribution in [3.05, 3.63) is 29.8 Å². The lowest BCUT2D eigenvalue weighted by molar-refractivity contribution is -0.142. The lowest BCUT2D eigenvalue weighted by Gasteiger charge is -2.20. The largest absolute Gasteiger partial charge is 0.496 e. The SMILES string of the molecule is COc1ccccc1C(C)CC(=O)N1C[C@@H](C)[C@H](C(=O)O)C1. The van der Waals surface area contributed by atoms with Crippen LogP contribution in [0.3, 0.4) is 0 Å². The molecule has 0 bridgehead atoms. The van der Waals surface area contributed by atoms with Crippen LogP contribution in [0.5, 0.6) is 5.75 Å². The zero-order valence-electron chi connectivity index (χ0n) is 13.3. The van der Waals surface area contributed by atoms with Gasteiger partial charge in [0.25, 0.3) is 0 Å². The van der Waals surface area contributed by atoms with Crippen molar-refractivity contribution in [1.82, 2.24) is 4.90 Å². The number of carbonyl (C=O) groups excluding carboxylic acids is 1. The Hall–Kier alpha value is -2.04. The molecule has 5 nitrogen and oxygen atoms in total. The number of hydrogen-bond donors (Lipinski definition) is 1. The Balaban J connectivity index is 2.02. The van der Waals surface area contributed by atoms with E-state index in [9.17, 15) is 9.59 Å². The molecule has 1 aromatic carbocycles. The fourth-order valence-electron chi connectivity index (χ4n) is 3.07. The third-order valence-corrected chi connectivity index (χ3v) is 4.43. The highest BCUT2D eigenvalue weighted by molar-refractivity contribution is 5.79. The number of aliphatic carboxylic acids is 1. The van der Waals surface area contributed by atoms with Crippen LogP contribution < -0.4 is 4.74 Å². The van der Waals surface area contributed by atoms with E-state index in [1.165, 1.54) is 0 Å². The molecule has 5 heteroatoms. The maximum Gasteiger partial charge on any atom is 0.308 e. The summed E-state index contributed by atoms with van der Waals surface area (Å²) >= 11 is 0. The van der Waals surface area contributed by atoms with Crippen LogP contribution in [-0.4, -0.2) is 42.1 Å². The van der Waals surface area contributed by atoms with Gasteiger partial charge in [-0.1, -0.05) is 32.0 Å². The Morgan fingerprint density at radius 1 is 1.36 bits per heavy atom. The van der Waals surface area contributed by atoms with E-state index in [-0.39, 0.29) is 17.7 Å². The first-order valence-corrected chi connectivity index (χ1v) is 7.57.